The number of nitrogens with zero attached hydrogens (tertiary/aromatic N) is 2. The number of carbonyl (C=O) groups excluding carboxylic acids is 1. The Morgan fingerprint density at radius 1 is 1.03 bits per heavy atom. The molecule has 5 rings (SSSR count). The Labute approximate surface area is 208 Å². The summed E-state index contributed by atoms with van der Waals surface area (Å²) in [7, 11) is -4.06. The standard InChI is InChI=1S/C27H24N4O4S/c1-19-7-5-6-10-25(19)36(33,34)30-27(32)29-23(17-20-8-3-2-4-9-20)26-28-14-15-31(26)22-11-12-24-21(18-22)13-16-35-24/h2-16,18,23H,17H2,1H3,(H2,29,30,32)/t23-/m0/s1. The summed E-state index contributed by atoms with van der Waals surface area (Å²) < 4.78 is 35.2. The van der Waals surface area contributed by atoms with Crippen molar-refractivity contribution in [1.29, 1.82) is 0 Å². The molecule has 0 unspecified atom stereocenters. The second kappa shape index (κ2) is 9.71. The molecule has 0 aliphatic heterocycles. The maximum absolute atomic E-state index is 13.0. The topological polar surface area (TPSA) is 106 Å². The van der Waals surface area contributed by atoms with E-state index < -0.39 is 22.1 Å². The van der Waals surface area contributed by atoms with E-state index in [0.29, 0.717) is 17.8 Å². The molecule has 0 saturated carbocycles. The Morgan fingerprint density at radius 3 is 2.61 bits per heavy atom. The molecule has 2 N–H and O–H groups in total. The third kappa shape index (κ3) is 4.87. The van der Waals surface area contributed by atoms with Gasteiger partial charge < -0.3 is 14.3 Å². The molecule has 0 radical (unpaired) electrons. The zero-order chi connectivity index (χ0) is 25.1. The number of imidazole rings is 1. The number of nitrogens with one attached hydrogen (secondary N) is 2. The van der Waals surface area contributed by atoms with Crippen LogP contribution in [0.3, 0.4) is 0 Å². The molecule has 8 nitrogen and oxygen atoms in total. The van der Waals surface area contributed by atoms with Gasteiger partial charge in [0.25, 0.3) is 10.0 Å². The minimum atomic E-state index is -4.06. The number of hydrogen-bond acceptors (Lipinski definition) is 5. The van der Waals surface area contributed by atoms with E-state index in [1.165, 1.54) is 6.07 Å². The fourth-order valence-electron chi connectivity index (χ4n) is 4.17. The molecule has 5 aromatic rings. The van der Waals surface area contributed by atoms with Crippen LogP contribution in [-0.4, -0.2) is 24.0 Å². The predicted octanol–water partition coefficient (Wildman–Crippen LogP) is 4.90. The lowest BCUT2D eigenvalue weighted by Crippen LogP contribution is -2.42. The largest absolute Gasteiger partial charge is 0.464 e. The van der Waals surface area contributed by atoms with Gasteiger partial charge in [0, 0.05) is 23.5 Å². The molecular formula is C27H24N4O4S. The van der Waals surface area contributed by atoms with Gasteiger partial charge in [0.2, 0.25) is 0 Å². The summed E-state index contributed by atoms with van der Waals surface area (Å²) in [6.07, 6.45) is 5.49. The van der Waals surface area contributed by atoms with E-state index in [0.717, 1.165) is 22.2 Å². The van der Waals surface area contributed by atoms with Gasteiger partial charge in [0.1, 0.15) is 11.4 Å². The van der Waals surface area contributed by atoms with Gasteiger partial charge in [-0.05, 0) is 54.8 Å². The van der Waals surface area contributed by atoms with Gasteiger partial charge >= 0.3 is 6.03 Å². The van der Waals surface area contributed by atoms with Gasteiger partial charge in [-0.2, -0.15) is 0 Å². The Morgan fingerprint density at radius 2 is 1.81 bits per heavy atom. The molecule has 3 aromatic carbocycles. The van der Waals surface area contributed by atoms with Crippen LogP contribution in [0.5, 0.6) is 0 Å². The van der Waals surface area contributed by atoms with Gasteiger partial charge in [-0.25, -0.2) is 22.9 Å². The molecule has 9 heteroatoms. The van der Waals surface area contributed by atoms with Crippen LogP contribution in [0, 0.1) is 6.92 Å². The molecule has 0 spiro atoms. The Bertz CT molecular complexity index is 1620. The zero-order valence-electron chi connectivity index (χ0n) is 19.5. The maximum Gasteiger partial charge on any atom is 0.329 e. The van der Waals surface area contributed by atoms with Crippen molar-refractivity contribution < 1.29 is 17.6 Å². The number of amides is 2. The van der Waals surface area contributed by atoms with Gasteiger partial charge in [0.05, 0.1) is 17.2 Å². The third-order valence-electron chi connectivity index (χ3n) is 5.89. The van der Waals surface area contributed by atoms with Crippen molar-refractivity contribution in [3.8, 4) is 5.69 Å². The van der Waals surface area contributed by atoms with Gasteiger partial charge in [-0.15, -0.1) is 0 Å². The molecule has 0 aliphatic rings. The molecule has 2 heterocycles. The monoisotopic (exact) mass is 500 g/mol. The first-order valence-electron chi connectivity index (χ1n) is 11.3. The SMILES string of the molecule is Cc1ccccc1S(=O)(=O)NC(=O)N[C@@H](Cc1ccccc1)c1nccn1-c1ccc2occc2c1. The molecule has 0 saturated heterocycles. The minimum absolute atomic E-state index is 0.0506. The molecule has 1 atom stereocenters. The van der Waals surface area contributed by atoms with Gasteiger partial charge in [-0.1, -0.05) is 48.5 Å². The number of carbonyl (C=O) groups is 1. The van der Waals surface area contributed by atoms with Crippen LogP contribution in [-0.2, 0) is 16.4 Å². The lowest BCUT2D eigenvalue weighted by molar-refractivity contribution is 0.241. The summed E-state index contributed by atoms with van der Waals surface area (Å²) in [6, 6.07) is 22.3. The summed E-state index contributed by atoms with van der Waals surface area (Å²) in [5.74, 6) is 0.560. The van der Waals surface area contributed by atoms with Gasteiger partial charge in [-0.3, -0.25) is 0 Å². The average Bonchev–Trinajstić information content (AvgIpc) is 3.53. The van der Waals surface area contributed by atoms with E-state index in [4.69, 9.17) is 4.42 Å². The normalized spacial score (nSPS) is 12.4. The van der Waals surface area contributed by atoms with Crippen molar-refractivity contribution >= 4 is 27.0 Å². The van der Waals surface area contributed by atoms with E-state index in [2.05, 4.69) is 15.0 Å². The van der Waals surface area contributed by atoms with Crippen LogP contribution in [0.1, 0.15) is 23.0 Å². The van der Waals surface area contributed by atoms with Crippen LogP contribution in [0.15, 0.2) is 107 Å². The number of benzene rings is 3. The highest BCUT2D eigenvalue weighted by Crippen LogP contribution is 2.24. The van der Waals surface area contributed by atoms with Crippen LogP contribution in [0.2, 0.25) is 0 Å². The quantitative estimate of drug-likeness (QED) is 0.331. The highest BCUT2D eigenvalue weighted by molar-refractivity contribution is 7.90. The van der Waals surface area contributed by atoms with E-state index in [-0.39, 0.29) is 4.90 Å². The smallest absolute Gasteiger partial charge is 0.329 e. The number of rotatable bonds is 7. The fourth-order valence-corrected chi connectivity index (χ4v) is 5.34. The summed E-state index contributed by atoms with van der Waals surface area (Å²) in [6.45, 7) is 1.68. The molecular weight excluding hydrogens is 476 g/mol. The first-order valence-corrected chi connectivity index (χ1v) is 12.8. The summed E-state index contributed by atoms with van der Waals surface area (Å²) in [5, 5.41) is 3.76. The predicted molar refractivity (Wildman–Crippen MR) is 136 cm³/mol. The first kappa shape index (κ1) is 23.4. The third-order valence-corrected chi connectivity index (χ3v) is 7.38. The summed E-state index contributed by atoms with van der Waals surface area (Å²) in [5.41, 5.74) is 3.11. The zero-order valence-corrected chi connectivity index (χ0v) is 20.3. The number of urea groups is 1. The van der Waals surface area contributed by atoms with Crippen LogP contribution >= 0.6 is 0 Å². The number of furan rings is 1. The highest BCUT2D eigenvalue weighted by atomic mass is 32.2. The Hall–Kier alpha value is -4.37. The van der Waals surface area contributed by atoms with Crippen molar-refractivity contribution in [2.75, 3.05) is 0 Å². The van der Waals surface area contributed by atoms with Gasteiger partial charge in [0.15, 0.2) is 0 Å². The average molecular weight is 501 g/mol. The molecule has 0 fully saturated rings. The number of aryl methyl sites for hydroxylation is 1. The Balaban J connectivity index is 1.46. The number of aromatic nitrogens is 2. The first-order chi connectivity index (χ1) is 17.4. The molecule has 36 heavy (non-hydrogen) atoms. The summed E-state index contributed by atoms with van der Waals surface area (Å²) in [4.78, 5) is 17.6. The Kier molecular flexibility index (Phi) is 6.30. The fraction of sp³-hybridized carbons (Fsp3) is 0.111. The van der Waals surface area contributed by atoms with E-state index in [9.17, 15) is 13.2 Å². The molecule has 0 bridgehead atoms. The highest BCUT2D eigenvalue weighted by Gasteiger charge is 2.25. The summed E-state index contributed by atoms with van der Waals surface area (Å²) >= 11 is 0. The lowest BCUT2D eigenvalue weighted by Gasteiger charge is -2.21. The van der Waals surface area contributed by atoms with Crippen molar-refractivity contribution in [2.24, 2.45) is 0 Å². The van der Waals surface area contributed by atoms with Crippen molar-refractivity contribution in [2.45, 2.75) is 24.3 Å². The van der Waals surface area contributed by atoms with Crippen molar-refractivity contribution in [1.82, 2.24) is 19.6 Å². The van der Waals surface area contributed by atoms with E-state index in [1.54, 1.807) is 43.8 Å². The van der Waals surface area contributed by atoms with E-state index >= 15 is 0 Å². The molecule has 182 valence electrons. The van der Waals surface area contributed by atoms with Crippen LogP contribution in [0.4, 0.5) is 4.79 Å². The number of sulfonamides is 1. The number of hydrogen-bond donors (Lipinski definition) is 2. The lowest BCUT2D eigenvalue weighted by atomic mass is 10.1. The second-order valence-electron chi connectivity index (χ2n) is 8.38. The van der Waals surface area contributed by atoms with E-state index in [1.807, 2.05) is 59.2 Å². The molecule has 0 aliphatic carbocycles. The van der Waals surface area contributed by atoms with Crippen LogP contribution < -0.4 is 10.0 Å². The van der Waals surface area contributed by atoms with Crippen molar-refractivity contribution in [3.63, 3.8) is 0 Å². The molecule has 2 amide bonds. The molecule has 2 aromatic heterocycles. The second-order valence-corrected chi connectivity index (χ2v) is 10.0. The van der Waals surface area contributed by atoms with Crippen LogP contribution in [0.25, 0.3) is 16.7 Å². The van der Waals surface area contributed by atoms with Crippen molar-refractivity contribution in [3.05, 3.63) is 114 Å². The maximum atomic E-state index is 13.0. The minimum Gasteiger partial charge on any atom is -0.464 e. The number of fused-ring (bicyclic) bond motifs is 1.